The lowest BCUT2D eigenvalue weighted by atomic mass is 9.95. The smallest absolute Gasteiger partial charge is 0.0349 e. The van der Waals surface area contributed by atoms with E-state index < -0.39 is 0 Å². The molecule has 2 aromatic rings. The summed E-state index contributed by atoms with van der Waals surface area (Å²) in [4.78, 5) is 4.11. The van der Waals surface area contributed by atoms with Crippen LogP contribution in [-0.2, 0) is 0 Å². The first-order valence-corrected chi connectivity index (χ1v) is 9.80. The molecule has 2 rings (SSSR count). The van der Waals surface area contributed by atoms with Crippen molar-refractivity contribution in [1.29, 1.82) is 0 Å². The molecule has 0 spiro atoms. The molecule has 0 atom stereocenters. The summed E-state index contributed by atoms with van der Waals surface area (Å²) in [6, 6.07) is 11.0. The molecule has 0 fully saturated rings. The van der Waals surface area contributed by atoms with E-state index in [1.54, 1.807) is 0 Å². The Labute approximate surface area is 149 Å². The standard InChI is InChI=1S/C21H26S2/c1-7-16(5)23-21(17(6)14(2)3)20-15(4)10-8-11-18(20)19-12-9-13-22-19/h7-14H,1-6H3/b16-7+,21-17+. The minimum Gasteiger partial charge on any atom is -0.144 e. The average Bonchev–Trinajstić information content (AvgIpc) is 3.06. The van der Waals surface area contributed by atoms with Crippen LogP contribution in [0.4, 0.5) is 0 Å². The third-order valence-electron chi connectivity index (χ3n) is 4.18. The number of allylic oxidation sites excluding steroid dienone is 3. The van der Waals surface area contributed by atoms with Crippen molar-refractivity contribution in [1.82, 2.24) is 0 Å². The highest BCUT2D eigenvalue weighted by molar-refractivity contribution is 8.11. The van der Waals surface area contributed by atoms with Crippen molar-refractivity contribution in [3.05, 3.63) is 63.4 Å². The van der Waals surface area contributed by atoms with Crippen LogP contribution in [-0.4, -0.2) is 0 Å². The Kier molecular flexibility index (Phi) is 6.32. The molecule has 0 aliphatic heterocycles. The number of hydrogen-bond donors (Lipinski definition) is 0. The van der Waals surface area contributed by atoms with Crippen molar-refractivity contribution in [2.45, 2.75) is 41.5 Å². The summed E-state index contributed by atoms with van der Waals surface area (Å²) in [6.45, 7) is 13.4. The highest BCUT2D eigenvalue weighted by Gasteiger charge is 2.17. The van der Waals surface area contributed by atoms with Crippen LogP contribution in [0.1, 0.15) is 45.7 Å². The summed E-state index contributed by atoms with van der Waals surface area (Å²) in [5, 5.41) is 2.16. The second kappa shape index (κ2) is 8.03. The largest absolute Gasteiger partial charge is 0.144 e. The van der Waals surface area contributed by atoms with E-state index in [1.807, 2.05) is 23.1 Å². The van der Waals surface area contributed by atoms with Crippen molar-refractivity contribution in [2.24, 2.45) is 5.92 Å². The molecule has 0 saturated carbocycles. The van der Waals surface area contributed by atoms with Gasteiger partial charge in [-0.15, -0.1) is 11.3 Å². The molecule has 1 aromatic carbocycles. The summed E-state index contributed by atoms with van der Waals surface area (Å²) >= 11 is 3.72. The summed E-state index contributed by atoms with van der Waals surface area (Å²) < 4.78 is 0. The van der Waals surface area contributed by atoms with E-state index in [1.165, 1.54) is 37.0 Å². The van der Waals surface area contributed by atoms with Gasteiger partial charge >= 0.3 is 0 Å². The normalized spacial score (nSPS) is 13.4. The van der Waals surface area contributed by atoms with E-state index in [4.69, 9.17) is 0 Å². The molecular weight excluding hydrogens is 316 g/mol. The van der Waals surface area contributed by atoms with E-state index >= 15 is 0 Å². The zero-order valence-corrected chi connectivity index (χ0v) is 16.6. The molecule has 0 unspecified atom stereocenters. The summed E-state index contributed by atoms with van der Waals surface area (Å²) in [5.74, 6) is 0.540. The van der Waals surface area contributed by atoms with Crippen molar-refractivity contribution in [3.8, 4) is 10.4 Å². The molecule has 0 N–H and O–H groups in total. The van der Waals surface area contributed by atoms with Crippen LogP contribution in [0.2, 0.25) is 0 Å². The third kappa shape index (κ3) is 4.19. The van der Waals surface area contributed by atoms with Gasteiger partial charge in [0, 0.05) is 15.3 Å². The number of aryl methyl sites for hydroxylation is 1. The van der Waals surface area contributed by atoms with Gasteiger partial charge in [-0.2, -0.15) is 0 Å². The molecule has 0 aliphatic carbocycles. The molecule has 122 valence electrons. The fourth-order valence-electron chi connectivity index (χ4n) is 2.42. The van der Waals surface area contributed by atoms with Gasteiger partial charge in [-0.05, 0) is 61.1 Å². The zero-order chi connectivity index (χ0) is 17.0. The van der Waals surface area contributed by atoms with Crippen molar-refractivity contribution < 1.29 is 0 Å². The number of hydrogen-bond acceptors (Lipinski definition) is 2. The zero-order valence-electron chi connectivity index (χ0n) is 14.9. The van der Waals surface area contributed by atoms with Gasteiger partial charge in [-0.1, -0.05) is 61.5 Å². The molecular formula is C21H26S2. The van der Waals surface area contributed by atoms with Crippen molar-refractivity contribution in [2.75, 3.05) is 0 Å². The topological polar surface area (TPSA) is 0 Å². The Morgan fingerprint density at radius 1 is 1.13 bits per heavy atom. The van der Waals surface area contributed by atoms with Gasteiger partial charge in [-0.25, -0.2) is 0 Å². The molecule has 1 aromatic heterocycles. The number of benzene rings is 1. The Morgan fingerprint density at radius 3 is 2.43 bits per heavy atom. The fraction of sp³-hybridized carbons (Fsp3) is 0.333. The second-order valence-electron chi connectivity index (χ2n) is 6.14. The van der Waals surface area contributed by atoms with Crippen molar-refractivity contribution >= 4 is 28.0 Å². The number of thiophene rings is 1. The molecule has 1 heterocycles. The maximum atomic E-state index is 2.28. The van der Waals surface area contributed by atoms with Gasteiger partial charge in [-0.3, -0.25) is 0 Å². The lowest BCUT2D eigenvalue weighted by Gasteiger charge is -2.20. The van der Waals surface area contributed by atoms with Gasteiger partial charge in [0.15, 0.2) is 0 Å². The van der Waals surface area contributed by atoms with E-state index in [9.17, 15) is 0 Å². The van der Waals surface area contributed by atoms with Gasteiger partial charge in [0.1, 0.15) is 0 Å². The third-order valence-corrected chi connectivity index (χ3v) is 6.37. The Bertz CT molecular complexity index is 716. The van der Waals surface area contributed by atoms with Crippen LogP contribution in [0.3, 0.4) is 0 Å². The molecule has 23 heavy (non-hydrogen) atoms. The van der Waals surface area contributed by atoms with Crippen LogP contribution >= 0.6 is 23.1 Å². The first-order chi connectivity index (χ1) is 11.0. The molecule has 0 aliphatic rings. The lowest BCUT2D eigenvalue weighted by molar-refractivity contribution is 0.775. The highest BCUT2D eigenvalue weighted by Crippen LogP contribution is 2.44. The number of thioether (sulfide) groups is 1. The van der Waals surface area contributed by atoms with Gasteiger partial charge < -0.3 is 0 Å². The van der Waals surface area contributed by atoms with Crippen LogP contribution in [0, 0.1) is 12.8 Å². The molecule has 0 bridgehead atoms. The quantitative estimate of drug-likeness (QED) is 0.535. The maximum absolute atomic E-state index is 2.28. The summed E-state index contributed by atoms with van der Waals surface area (Å²) in [5.41, 5.74) is 5.56. The minimum atomic E-state index is 0.540. The highest BCUT2D eigenvalue weighted by atomic mass is 32.2. The molecule has 0 amide bonds. The summed E-state index contributed by atoms with van der Waals surface area (Å²) in [6.07, 6.45) is 2.20. The van der Waals surface area contributed by atoms with E-state index in [-0.39, 0.29) is 0 Å². The average molecular weight is 343 g/mol. The Morgan fingerprint density at radius 2 is 1.87 bits per heavy atom. The van der Waals surface area contributed by atoms with Crippen LogP contribution < -0.4 is 0 Å². The van der Waals surface area contributed by atoms with Gasteiger partial charge in [0.25, 0.3) is 0 Å². The van der Waals surface area contributed by atoms with Crippen LogP contribution in [0.15, 0.2) is 52.3 Å². The lowest BCUT2D eigenvalue weighted by Crippen LogP contribution is -1.98. The predicted molar refractivity (Wildman–Crippen MR) is 109 cm³/mol. The maximum Gasteiger partial charge on any atom is 0.0349 e. The molecule has 0 nitrogen and oxygen atoms in total. The van der Waals surface area contributed by atoms with Crippen molar-refractivity contribution in [3.63, 3.8) is 0 Å². The summed E-state index contributed by atoms with van der Waals surface area (Å²) in [7, 11) is 0. The second-order valence-corrected chi connectivity index (χ2v) is 8.35. The van der Waals surface area contributed by atoms with Gasteiger partial charge in [0.05, 0.1) is 0 Å². The fourth-order valence-corrected chi connectivity index (χ4v) is 4.38. The first kappa shape index (κ1) is 18.1. The Balaban J connectivity index is 2.71. The predicted octanol–water partition coefficient (Wildman–Crippen LogP) is 7.77. The van der Waals surface area contributed by atoms with Gasteiger partial charge in [0.2, 0.25) is 0 Å². The van der Waals surface area contributed by atoms with E-state index in [0.717, 1.165) is 0 Å². The Hall–Kier alpha value is -1.25. The minimum absolute atomic E-state index is 0.540. The van der Waals surface area contributed by atoms with E-state index in [2.05, 4.69) is 83.3 Å². The van der Waals surface area contributed by atoms with E-state index in [0.29, 0.717) is 5.92 Å². The monoisotopic (exact) mass is 342 g/mol. The molecule has 2 heteroatoms. The van der Waals surface area contributed by atoms with Crippen LogP contribution in [0.5, 0.6) is 0 Å². The first-order valence-electron chi connectivity index (χ1n) is 8.11. The number of rotatable bonds is 5. The molecule has 0 radical (unpaired) electrons. The molecule has 0 saturated heterocycles. The SMILES string of the molecule is C/C=C(\C)S/C(=C(\C)C(C)C)c1c(C)cccc1-c1cccs1. The van der Waals surface area contributed by atoms with Crippen LogP contribution in [0.25, 0.3) is 15.3 Å².